The van der Waals surface area contributed by atoms with Crippen LogP contribution in [0.25, 0.3) is 10.9 Å². The second kappa shape index (κ2) is 5.73. The normalized spacial score (nSPS) is 11.3. The summed E-state index contributed by atoms with van der Waals surface area (Å²) in [7, 11) is 5.52. The third-order valence-electron chi connectivity index (χ3n) is 3.33. The van der Waals surface area contributed by atoms with Crippen LogP contribution < -0.4 is 0 Å². The van der Waals surface area contributed by atoms with Crippen LogP contribution in [0.4, 0.5) is 4.39 Å². The fraction of sp³-hybridized carbons (Fsp3) is 0.400. The molecule has 2 rings (SSSR count). The number of carbonyl (C=O) groups excluding carboxylic acids is 1. The number of aromatic nitrogens is 1. The lowest BCUT2D eigenvalue weighted by Gasteiger charge is -2.12. The molecule has 0 bridgehead atoms. The summed E-state index contributed by atoms with van der Waals surface area (Å²) < 4.78 is 20.4. The smallest absolute Gasteiger partial charge is 0.340 e. The number of hydrogen-bond donors (Lipinski definition) is 1. The van der Waals surface area contributed by atoms with Gasteiger partial charge in [0, 0.05) is 30.7 Å². The minimum Gasteiger partial charge on any atom is -0.505 e. The summed E-state index contributed by atoms with van der Waals surface area (Å²) >= 11 is 0. The Hall–Kier alpha value is -2.08. The molecule has 1 aromatic carbocycles. The van der Waals surface area contributed by atoms with E-state index in [9.17, 15) is 14.3 Å². The van der Waals surface area contributed by atoms with Gasteiger partial charge in [0.2, 0.25) is 0 Å². The molecule has 0 radical (unpaired) electrons. The van der Waals surface area contributed by atoms with E-state index in [1.54, 1.807) is 18.5 Å². The summed E-state index contributed by atoms with van der Waals surface area (Å²) in [6.45, 7) is 2.48. The number of rotatable bonds is 4. The molecule has 114 valence electrons. The van der Waals surface area contributed by atoms with Crippen molar-refractivity contribution in [2.45, 2.75) is 13.5 Å². The molecule has 1 N–H and O–H groups in total. The van der Waals surface area contributed by atoms with Crippen molar-refractivity contribution >= 4 is 16.9 Å². The Balaban J connectivity index is 2.76. The maximum atomic E-state index is 13.6. The van der Waals surface area contributed by atoms with Crippen LogP contribution in [0.5, 0.6) is 5.75 Å². The molecular weight excluding hydrogens is 275 g/mol. The Morgan fingerprint density at radius 2 is 2.10 bits per heavy atom. The topological polar surface area (TPSA) is 54.7 Å². The summed E-state index contributed by atoms with van der Waals surface area (Å²) in [6.07, 6.45) is 0. The number of ether oxygens (including phenoxy) is 1. The van der Waals surface area contributed by atoms with Gasteiger partial charge in [-0.2, -0.15) is 0 Å². The summed E-state index contributed by atoms with van der Waals surface area (Å²) in [4.78, 5) is 14.2. The lowest BCUT2D eigenvalue weighted by atomic mass is 10.1. The van der Waals surface area contributed by atoms with Crippen LogP contribution in [0, 0.1) is 5.82 Å². The van der Waals surface area contributed by atoms with Crippen LogP contribution in [0.1, 0.15) is 23.0 Å². The van der Waals surface area contributed by atoms with Crippen LogP contribution in [0.2, 0.25) is 0 Å². The molecule has 0 amide bonds. The monoisotopic (exact) mass is 294 g/mol. The number of aryl methyl sites for hydroxylation is 1. The number of esters is 1. The van der Waals surface area contributed by atoms with Crippen molar-refractivity contribution in [3.63, 3.8) is 0 Å². The van der Waals surface area contributed by atoms with Gasteiger partial charge >= 0.3 is 5.97 Å². The van der Waals surface area contributed by atoms with Crippen molar-refractivity contribution < 1.29 is 19.0 Å². The summed E-state index contributed by atoms with van der Waals surface area (Å²) in [5.74, 6) is -1.66. The number of halogens is 1. The van der Waals surface area contributed by atoms with Crippen molar-refractivity contribution in [2.24, 2.45) is 7.05 Å². The fourth-order valence-electron chi connectivity index (χ4n) is 2.41. The van der Waals surface area contributed by atoms with Gasteiger partial charge in [0.25, 0.3) is 0 Å². The quantitative estimate of drug-likeness (QED) is 0.879. The van der Waals surface area contributed by atoms with E-state index in [1.807, 2.05) is 19.0 Å². The maximum Gasteiger partial charge on any atom is 0.340 e. The predicted octanol–water partition coefficient (Wildman–Crippen LogP) is 2.26. The first kappa shape index (κ1) is 15.3. The van der Waals surface area contributed by atoms with Gasteiger partial charge < -0.3 is 19.3 Å². The number of benzene rings is 1. The van der Waals surface area contributed by atoms with Crippen LogP contribution in [0.3, 0.4) is 0 Å². The molecule has 0 aliphatic rings. The lowest BCUT2D eigenvalue weighted by Crippen LogP contribution is -2.17. The molecule has 0 saturated carbocycles. The molecule has 5 nitrogen and oxygen atoms in total. The van der Waals surface area contributed by atoms with E-state index >= 15 is 0 Å². The average Bonchev–Trinajstić information content (AvgIpc) is 2.64. The Bertz CT molecular complexity index is 692. The van der Waals surface area contributed by atoms with E-state index in [4.69, 9.17) is 4.74 Å². The molecule has 0 spiro atoms. The Kier molecular flexibility index (Phi) is 4.18. The van der Waals surface area contributed by atoms with E-state index in [2.05, 4.69) is 0 Å². The van der Waals surface area contributed by atoms with Crippen molar-refractivity contribution in [1.82, 2.24) is 9.47 Å². The molecule has 1 aromatic heterocycles. The van der Waals surface area contributed by atoms with Crippen LogP contribution >= 0.6 is 0 Å². The maximum absolute atomic E-state index is 13.6. The minimum absolute atomic E-state index is 0.254. The average molecular weight is 294 g/mol. The number of phenolic OH excluding ortho intramolecular Hbond substituents is 1. The Labute approximate surface area is 122 Å². The first-order valence-electron chi connectivity index (χ1n) is 6.68. The number of nitrogens with zero attached hydrogens (tertiary/aromatic N) is 2. The van der Waals surface area contributed by atoms with Gasteiger partial charge in [-0.15, -0.1) is 0 Å². The molecule has 0 aliphatic heterocycles. The molecule has 0 saturated heterocycles. The highest BCUT2D eigenvalue weighted by atomic mass is 19.1. The van der Waals surface area contributed by atoms with E-state index in [-0.39, 0.29) is 6.61 Å². The summed E-state index contributed by atoms with van der Waals surface area (Å²) in [5.41, 5.74) is 1.64. The number of hydrogen-bond acceptors (Lipinski definition) is 4. The predicted molar refractivity (Wildman–Crippen MR) is 77.9 cm³/mol. The Morgan fingerprint density at radius 1 is 1.43 bits per heavy atom. The first-order valence-corrected chi connectivity index (χ1v) is 6.68. The van der Waals surface area contributed by atoms with E-state index in [0.717, 1.165) is 5.69 Å². The third-order valence-corrected chi connectivity index (χ3v) is 3.33. The van der Waals surface area contributed by atoms with Crippen molar-refractivity contribution in [3.8, 4) is 5.75 Å². The third kappa shape index (κ3) is 2.71. The number of aromatic hydroxyl groups is 1. The summed E-state index contributed by atoms with van der Waals surface area (Å²) in [5, 5.41) is 10.1. The van der Waals surface area contributed by atoms with Gasteiger partial charge in [-0.1, -0.05) is 0 Å². The largest absolute Gasteiger partial charge is 0.505 e. The van der Waals surface area contributed by atoms with E-state index in [0.29, 0.717) is 23.0 Å². The van der Waals surface area contributed by atoms with Crippen LogP contribution in [-0.4, -0.2) is 41.2 Å². The highest BCUT2D eigenvalue weighted by Gasteiger charge is 2.23. The molecule has 0 fully saturated rings. The second-order valence-corrected chi connectivity index (χ2v) is 5.16. The van der Waals surface area contributed by atoms with E-state index < -0.39 is 17.5 Å². The Morgan fingerprint density at radius 3 is 2.67 bits per heavy atom. The molecule has 0 unspecified atom stereocenters. The van der Waals surface area contributed by atoms with Crippen LogP contribution in [-0.2, 0) is 18.3 Å². The first-order chi connectivity index (χ1) is 9.86. The second-order valence-electron chi connectivity index (χ2n) is 5.16. The standard InChI is InChI=1S/C15H19FN2O3/c1-5-21-15(20)14-9-6-13(19)10(16)7-11(9)18(4)12(14)8-17(2)3/h6-7,19H,5,8H2,1-4H3. The van der Waals surface area contributed by atoms with Gasteiger partial charge in [0.1, 0.15) is 0 Å². The summed E-state index contributed by atoms with van der Waals surface area (Å²) in [6, 6.07) is 2.50. The van der Waals surface area contributed by atoms with Crippen LogP contribution in [0.15, 0.2) is 12.1 Å². The van der Waals surface area contributed by atoms with Gasteiger partial charge in [-0.3, -0.25) is 0 Å². The highest BCUT2D eigenvalue weighted by Crippen LogP contribution is 2.31. The SMILES string of the molecule is CCOC(=O)c1c(CN(C)C)n(C)c2cc(F)c(O)cc12. The van der Waals surface area contributed by atoms with Gasteiger partial charge in [-0.05, 0) is 27.1 Å². The van der Waals surface area contributed by atoms with Gasteiger partial charge in [-0.25, -0.2) is 9.18 Å². The van der Waals surface area contributed by atoms with Crippen molar-refractivity contribution in [3.05, 3.63) is 29.2 Å². The molecule has 2 aromatic rings. The van der Waals surface area contributed by atoms with Crippen molar-refractivity contribution in [1.29, 1.82) is 0 Å². The molecule has 0 atom stereocenters. The molecule has 6 heteroatoms. The zero-order valence-electron chi connectivity index (χ0n) is 12.6. The minimum atomic E-state index is -0.713. The molecule has 1 heterocycles. The zero-order valence-corrected chi connectivity index (χ0v) is 12.6. The lowest BCUT2D eigenvalue weighted by molar-refractivity contribution is 0.0526. The number of phenols is 1. The molecule has 0 aliphatic carbocycles. The molecule has 21 heavy (non-hydrogen) atoms. The zero-order chi connectivity index (χ0) is 15.7. The van der Waals surface area contributed by atoms with Crippen molar-refractivity contribution in [2.75, 3.05) is 20.7 Å². The highest BCUT2D eigenvalue weighted by molar-refractivity contribution is 6.06. The van der Waals surface area contributed by atoms with Gasteiger partial charge in [0.05, 0.1) is 17.7 Å². The van der Waals surface area contributed by atoms with Gasteiger partial charge in [0.15, 0.2) is 11.6 Å². The van der Waals surface area contributed by atoms with E-state index in [1.165, 1.54) is 12.1 Å². The fourth-order valence-corrected chi connectivity index (χ4v) is 2.41. The number of carbonyl (C=O) groups is 1. The molecular formula is C15H19FN2O3. The number of fused-ring (bicyclic) bond motifs is 1.